The highest BCUT2D eigenvalue weighted by atomic mass is 16.2. The number of nitrogens with one attached hydrogen (secondary N) is 1. The van der Waals surface area contributed by atoms with Crippen molar-refractivity contribution in [2.45, 2.75) is 45.4 Å². The zero-order valence-corrected chi connectivity index (χ0v) is 16.0. The first-order chi connectivity index (χ1) is 13.1. The Morgan fingerprint density at radius 2 is 1.81 bits per heavy atom. The van der Waals surface area contributed by atoms with Crippen molar-refractivity contribution in [2.24, 2.45) is 17.8 Å². The monoisotopic (exact) mass is 364 g/mol. The van der Waals surface area contributed by atoms with Crippen LogP contribution in [0.5, 0.6) is 0 Å². The maximum atomic E-state index is 12.5. The van der Waals surface area contributed by atoms with Gasteiger partial charge in [0.05, 0.1) is 5.69 Å². The van der Waals surface area contributed by atoms with Crippen LogP contribution in [0.4, 0.5) is 5.69 Å². The number of carbonyl (C=O) groups is 2. The van der Waals surface area contributed by atoms with Crippen LogP contribution in [-0.2, 0) is 4.79 Å². The molecule has 4 nitrogen and oxygen atoms in total. The second kappa shape index (κ2) is 7.71. The summed E-state index contributed by atoms with van der Waals surface area (Å²) in [6.45, 7) is 2.91. The molecule has 27 heavy (non-hydrogen) atoms. The van der Waals surface area contributed by atoms with E-state index in [-0.39, 0.29) is 11.7 Å². The molecule has 1 aliphatic heterocycles. The number of Topliss-reactive ketones (excluding diaryl/α,β-unsaturated/α-hetero) is 1. The Balaban J connectivity index is 1.30. The Kier molecular flexibility index (Phi) is 5.15. The highest BCUT2D eigenvalue weighted by molar-refractivity contribution is 5.96. The van der Waals surface area contributed by atoms with Crippen LogP contribution < -0.4 is 4.90 Å². The van der Waals surface area contributed by atoms with Crippen molar-refractivity contribution in [1.82, 2.24) is 4.98 Å². The third-order valence-corrected chi connectivity index (χ3v) is 6.43. The molecule has 2 aliphatic rings. The molecule has 0 spiro atoms. The van der Waals surface area contributed by atoms with Gasteiger partial charge in [-0.1, -0.05) is 17.7 Å². The molecule has 1 aromatic carbocycles. The molecule has 1 saturated heterocycles. The molecule has 142 valence electrons. The summed E-state index contributed by atoms with van der Waals surface area (Å²) in [7, 11) is 0. The average Bonchev–Trinajstić information content (AvgIpc) is 3.33. The third-order valence-electron chi connectivity index (χ3n) is 6.43. The van der Waals surface area contributed by atoms with Gasteiger partial charge >= 0.3 is 0 Å². The van der Waals surface area contributed by atoms with Crippen molar-refractivity contribution >= 4 is 17.4 Å². The van der Waals surface area contributed by atoms with Crippen molar-refractivity contribution < 1.29 is 9.59 Å². The number of H-pyrrole nitrogens is 1. The summed E-state index contributed by atoms with van der Waals surface area (Å²) < 4.78 is 0. The number of nitrogens with zero attached hydrogens (tertiary/aromatic N) is 1. The zero-order valence-electron chi connectivity index (χ0n) is 16.0. The number of amides is 1. The molecule has 1 amide bonds. The molecule has 4 heteroatoms. The first kappa shape index (κ1) is 18.0. The lowest BCUT2D eigenvalue weighted by Gasteiger charge is -2.31. The topological polar surface area (TPSA) is 53.2 Å². The molecule has 2 fully saturated rings. The van der Waals surface area contributed by atoms with E-state index in [1.54, 1.807) is 6.20 Å². The Bertz CT molecular complexity index is 786. The second-order valence-electron chi connectivity index (χ2n) is 8.30. The van der Waals surface area contributed by atoms with Gasteiger partial charge in [0.2, 0.25) is 5.91 Å². The summed E-state index contributed by atoms with van der Waals surface area (Å²) in [5.74, 6) is 2.04. The van der Waals surface area contributed by atoms with E-state index in [4.69, 9.17) is 0 Å². The maximum Gasteiger partial charge on any atom is 0.227 e. The number of ketones is 1. The van der Waals surface area contributed by atoms with Gasteiger partial charge in [-0.3, -0.25) is 9.59 Å². The van der Waals surface area contributed by atoms with Crippen LogP contribution in [0.15, 0.2) is 42.6 Å². The molecule has 1 saturated carbocycles. The van der Waals surface area contributed by atoms with Crippen molar-refractivity contribution in [3.05, 3.63) is 53.9 Å². The third kappa shape index (κ3) is 4.00. The molecule has 2 aromatic rings. The summed E-state index contributed by atoms with van der Waals surface area (Å²) in [6, 6.07) is 12.0. The fraction of sp³-hybridized carbons (Fsp3) is 0.478. The van der Waals surface area contributed by atoms with E-state index < -0.39 is 0 Å². The van der Waals surface area contributed by atoms with Gasteiger partial charge in [0, 0.05) is 31.3 Å². The summed E-state index contributed by atoms with van der Waals surface area (Å²) in [5, 5.41) is 0. The number of carbonyl (C=O) groups excluding carboxylic acids is 2. The predicted molar refractivity (Wildman–Crippen MR) is 107 cm³/mol. The summed E-state index contributed by atoms with van der Waals surface area (Å²) in [6.07, 6.45) is 7.61. The molecule has 2 heterocycles. The minimum Gasteiger partial charge on any atom is -0.359 e. The van der Waals surface area contributed by atoms with Crippen molar-refractivity contribution in [1.29, 1.82) is 0 Å². The molecule has 1 unspecified atom stereocenters. The molecule has 0 bridgehead atoms. The Labute approximate surface area is 161 Å². The Hall–Kier alpha value is -2.36. The lowest BCUT2D eigenvalue weighted by atomic mass is 9.74. The van der Waals surface area contributed by atoms with Gasteiger partial charge in [-0.05, 0) is 74.6 Å². The van der Waals surface area contributed by atoms with Crippen LogP contribution in [-0.4, -0.2) is 23.2 Å². The van der Waals surface area contributed by atoms with Crippen LogP contribution in [0.25, 0.3) is 0 Å². The smallest absolute Gasteiger partial charge is 0.227 e. The van der Waals surface area contributed by atoms with E-state index in [2.05, 4.69) is 36.2 Å². The van der Waals surface area contributed by atoms with Crippen LogP contribution in [0, 0.1) is 24.7 Å². The number of hydrogen-bond acceptors (Lipinski definition) is 2. The molecular formula is C23H28N2O2. The van der Waals surface area contributed by atoms with E-state index in [9.17, 15) is 9.59 Å². The lowest BCUT2D eigenvalue weighted by molar-refractivity contribution is -0.117. The minimum absolute atomic E-state index is 0.227. The van der Waals surface area contributed by atoms with E-state index >= 15 is 0 Å². The SMILES string of the molecule is Cc1ccc(N2CC(C3CCC(CC(=O)c4ccc[nH]4)CC3)CC2=O)cc1. The van der Waals surface area contributed by atoms with Crippen LogP contribution >= 0.6 is 0 Å². The van der Waals surface area contributed by atoms with Gasteiger partial charge in [0.1, 0.15) is 0 Å². The maximum absolute atomic E-state index is 12.5. The van der Waals surface area contributed by atoms with Crippen molar-refractivity contribution in [3.8, 4) is 0 Å². The van der Waals surface area contributed by atoms with E-state index in [0.717, 1.165) is 43.6 Å². The van der Waals surface area contributed by atoms with Gasteiger partial charge in [0.15, 0.2) is 5.78 Å². The van der Waals surface area contributed by atoms with Gasteiger partial charge < -0.3 is 9.88 Å². The van der Waals surface area contributed by atoms with Crippen LogP contribution in [0.3, 0.4) is 0 Å². The summed E-state index contributed by atoms with van der Waals surface area (Å²) in [4.78, 5) is 29.8. The first-order valence-corrected chi connectivity index (χ1v) is 10.1. The summed E-state index contributed by atoms with van der Waals surface area (Å²) in [5.41, 5.74) is 2.97. The molecule has 1 atom stereocenters. The molecule has 1 aromatic heterocycles. The number of benzene rings is 1. The van der Waals surface area contributed by atoms with Crippen LogP contribution in [0.1, 0.15) is 54.6 Å². The predicted octanol–water partition coefficient (Wildman–Crippen LogP) is 4.76. The normalized spacial score (nSPS) is 25.7. The van der Waals surface area contributed by atoms with Gasteiger partial charge in [0.25, 0.3) is 0 Å². The largest absolute Gasteiger partial charge is 0.359 e. The van der Waals surface area contributed by atoms with Crippen molar-refractivity contribution in [3.63, 3.8) is 0 Å². The number of hydrogen-bond donors (Lipinski definition) is 1. The molecular weight excluding hydrogens is 336 g/mol. The number of aromatic amines is 1. The average molecular weight is 364 g/mol. The van der Waals surface area contributed by atoms with E-state index in [0.29, 0.717) is 30.6 Å². The standard InChI is InChI=1S/C23H28N2O2/c1-16-4-10-20(11-5-16)25-15-19(14-23(25)27)18-8-6-17(7-9-18)13-22(26)21-3-2-12-24-21/h2-5,10-12,17-19,24H,6-9,13-15H2,1H3. The molecule has 1 aliphatic carbocycles. The number of aryl methyl sites for hydroxylation is 1. The quantitative estimate of drug-likeness (QED) is 0.778. The van der Waals surface area contributed by atoms with Crippen molar-refractivity contribution in [2.75, 3.05) is 11.4 Å². The fourth-order valence-electron chi connectivity index (χ4n) is 4.76. The number of aromatic nitrogens is 1. The molecule has 4 rings (SSSR count). The summed E-state index contributed by atoms with van der Waals surface area (Å²) >= 11 is 0. The lowest BCUT2D eigenvalue weighted by Crippen LogP contribution is -2.27. The first-order valence-electron chi connectivity index (χ1n) is 10.1. The van der Waals surface area contributed by atoms with Gasteiger partial charge in [-0.25, -0.2) is 0 Å². The number of anilines is 1. The molecule has 1 N–H and O–H groups in total. The number of rotatable bonds is 5. The van der Waals surface area contributed by atoms with Gasteiger partial charge in [-0.15, -0.1) is 0 Å². The zero-order chi connectivity index (χ0) is 18.8. The second-order valence-corrected chi connectivity index (χ2v) is 8.30. The van der Waals surface area contributed by atoms with Crippen LogP contribution in [0.2, 0.25) is 0 Å². The Morgan fingerprint density at radius 1 is 1.07 bits per heavy atom. The van der Waals surface area contributed by atoms with E-state index in [1.165, 1.54) is 5.56 Å². The molecule has 0 radical (unpaired) electrons. The highest BCUT2D eigenvalue weighted by Crippen LogP contribution is 2.40. The van der Waals surface area contributed by atoms with Gasteiger partial charge in [-0.2, -0.15) is 0 Å². The highest BCUT2D eigenvalue weighted by Gasteiger charge is 2.37. The Morgan fingerprint density at radius 3 is 2.48 bits per heavy atom. The minimum atomic E-state index is 0.227. The van der Waals surface area contributed by atoms with E-state index in [1.807, 2.05) is 17.0 Å². The fourth-order valence-corrected chi connectivity index (χ4v) is 4.76.